The number of allylic oxidation sites excluding steroid dienone is 3. The number of carbonyl (C=O) groups is 2. The molecular weight excluding hydrogens is 414 g/mol. The second-order valence-corrected chi connectivity index (χ2v) is 10.2. The van der Waals surface area contributed by atoms with E-state index in [1.807, 2.05) is 24.4 Å². The standard InChI is InChI=1S/C24H25NO3S2/c1-14-21(24(27)28-17-5-2-3-6-17)22(15-8-10-29-13-15)23-18(25-14)11-16(12-19(23)26)20-7-4-9-30-20/h4,7-10,13,16-17,22,25H,2-3,5-6,11-12H2,1H3/t16-,22-/m1/s1. The summed E-state index contributed by atoms with van der Waals surface area (Å²) in [6.45, 7) is 1.94. The number of esters is 1. The van der Waals surface area contributed by atoms with Crippen LogP contribution >= 0.6 is 22.7 Å². The lowest BCUT2D eigenvalue weighted by atomic mass is 9.73. The van der Waals surface area contributed by atoms with E-state index in [2.05, 4.69) is 22.1 Å². The molecule has 30 heavy (non-hydrogen) atoms. The lowest BCUT2D eigenvalue weighted by molar-refractivity contribution is -0.144. The van der Waals surface area contributed by atoms with Gasteiger partial charge in [-0.05, 0) is 72.9 Å². The molecule has 3 aliphatic rings. The van der Waals surface area contributed by atoms with Crippen LogP contribution in [0.25, 0.3) is 0 Å². The zero-order valence-electron chi connectivity index (χ0n) is 17.0. The normalized spacial score (nSPS) is 24.8. The molecule has 0 radical (unpaired) electrons. The van der Waals surface area contributed by atoms with E-state index >= 15 is 0 Å². The summed E-state index contributed by atoms with van der Waals surface area (Å²) in [5, 5.41) is 9.56. The van der Waals surface area contributed by atoms with Gasteiger partial charge in [-0.1, -0.05) is 6.07 Å². The van der Waals surface area contributed by atoms with Gasteiger partial charge in [0.15, 0.2) is 5.78 Å². The average molecular weight is 440 g/mol. The van der Waals surface area contributed by atoms with E-state index < -0.39 is 0 Å². The van der Waals surface area contributed by atoms with Crippen LogP contribution in [-0.2, 0) is 14.3 Å². The quantitative estimate of drug-likeness (QED) is 0.625. The Morgan fingerprint density at radius 2 is 2.00 bits per heavy atom. The predicted octanol–water partition coefficient (Wildman–Crippen LogP) is 5.66. The van der Waals surface area contributed by atoms with Crippen molar-refractivity contribution < 1.29 is 14.3 Å². The van der Waals surface area contributed by atoms with Gasteiger partial charge in [0.05, 0.1) is 5.57 Å². The molecule has 1 aliphatic heterocycles. The van der Waals surface area contributed by atoms with Crippen molar-refractivity contribution in [2.45, 2.75) is 63.4 Å². The van der Waals surface area contributed by atoms with Crippen LogP contribution in [0.4, 0.5) is 0 Å². The highest BCUT2D eigenvalue weighted by atomic mass is 32.1. The van der Waals surface area contributed by atoms with E-state index in [0.29, 0.717) is 12.0 Å². The van der Waals surface area contributed by atoms with Gasteiger partial charge in [0.25, 0.3) is 0 Å². The molecule has 0 aromatic carbocycles. The van der Waals surface area contributed by atoms with E-state index in [-0.39, 0.29) is 29.7 Å². The SMILES string of the molecule is CC1=C(C(=O)OC2CCCC2)[C@@H](c2ccsc2)C2=C(C[C@@H](c3cccs3)CC2=O)N1. The highest BCUT2D eigenvalue weighted by molar-refractivity contribution is 7.10. The first-order valence-electron chi connectivity index (χ1n) is 10.6. The van der Waals surface area contributed by atoms with Gasteiger partial charge >= 0.3 is 5.97 Å². The summed E-state index contributed by atoms with van der Waals surface area (Å²) in [6.07, 6.45) is 5.38. The van der Waals surface area contributed by atoms with Crippen LogP contribution in [0.15, 0.2) is 56.9 Å². The first-order chi connectivity index (χ1) is 14.6. The fourth-order valence-corrected chi connectivity index (χ4v) is 6.54. The van der Waals surface area contributed by atoms with Crippen LogP contribution in [0.3, 0.4) is 0 Å². The molecular formula is C24H25NO3S2. The van der Waals surface area contributed by atoms with Gasteiger partial charge < -0.3 is 10.1 Å². The number of hydrogen-bond acceptors (Lipinski definition) is 6. The monoisotopic (exact) mass is 439 g/mol. The first kappa shape index (κ1) is 19.8. The molecule has 2 aromatic rings. The summed E-state index contributed by atoms with van der Waals surface area (Å²) in [7, 11) is 0. The molecule has 0 bridgehead atoms. The number of Topliss-reactive ketones (excluding diaryl/α,β-unsaturated/α-hetero) is 1. The smallest absolute Gasteiger partial charge is 0.337 e. The Labute approximate surface area is 184 Å². The Kier molecular flexibility index (Phi) is 5.37. The molecule has 1 saturated carbocycles. The van der Waals surface area contributed by atoms with E-state index in [9.17, 15) is 9.59 Å². The molecule has 1 fully saturated rings. The Balaban J connectivity index is 1.51. The molecule has 156 valence electrons. The molecule has 2 aromatic heterocycles. The molecule has 1 N–H and O–H groups in total. The number of hydrogen-bond donors (Lipinski definition) is 1. The maximum atomic E-state index is 13.4. The topological polar surface area (TPSA) is 55.4 Å². The van der Waals surface area contributed by atoms with Crippen molar-refractivity contribution in [3.63, 3.8) is 0 Å². The van der Waals surface area contributed by atoms with Gasteiger partial charge in [-0.15, -0.1) is 11.3 Å². The minimum atomic E-state index is -0.335. The molecule has 2 atom stereocenters. The van der Waals surface area contributed by atoms with Gasteiger partial charge in [0.1, 0.15) is 6.10 Å². The first-order valence-corrected chi connectivity index (χ1v) is 12.4. The number of ether oxygens (including phenoxy) is 1. The molecule has 0 unspecified atom stereocenters. The molecule has 2 aliphatic carbocycles. The van der Waals surface area contributed by atoms with Gasteiger partial charge in [0, 0.05) is 40.1 Å². The summed E-state index contributed by atoms with van der Waals surface area (Å²) in [5.41, 5.74) is 4.14. The maximum absolute atomic E-state index is 13.4. The summed E-state index contributed by atoms with van der Waals surface area (Å²) in [5.74, 6) is -0.273. The Hall–Kier alpha value is -2.18. The number of nitrogens with one attached hydrogen (secondary N) is 1. The van der Waals surface area contributed by atoms with Gasteiger partial charge in [-0.2, -0.15) is 11.3 Å². The lowest BCUT2D eigenvalue weighted by Gasteiger charge is -2.36. The van der Waals surface area contributed by atoms with E-state index in [4.69, 9.17) is 4.74 Å². The van der Waals surface area contributed by atoms with Crippen molar-refractivity contribution in [2.24, 2.45) is 0 Å². The van der Waals surface area contributed by atoms with E-state index in [1.54, 1.807) is 22.7 Å². The second kappa shape index (κ2) is 8.16. The number of rotatable bonds is 4. The molecule has 0 saturated heterocycles. The van der Waals surface area contributed by atoms with Crippen molar-refractivity contribution in [3.05, 3.63) is 67.3 Å². The fraction of sp³-hybridized carbons (Fsp3) is 0.417. The summed E-state index contributed by atoms with van der Waals surface area (Å²) < 4.78 is 5.88. The highest BCUT2D eigenvalue weighted by Crippen LogP contribution is 2.46. The largest absolute Gasteiger partial charge is 0.459 e. The zero-order chi connectivity index (χ0) is 20.7. The van der Waals surface area contributed by atoms with Crippen LogP contribution in [0.2, 0.25) is 0 Å². The molecule has 0 spiro atoms. The second-order valence-electron chi connectivity index (χ2n) is 8.40. The van der Waals surface area contributed by atoms with Crippen molar-refractivity contribution in [1.29, 1.82) is 0 Å². The minimum Gasteiger partial charge on any atom is -0.459 e. The maximum Gasteiger partial charge on any atom is 0.337 e. The summed E-state index contributed by atoms with van der Waals surface area (Å²) >= 11 is 3.30. The van der Waals surface area contributed by atoms with Crippen molar-refractivity contribution in [2.75, 3.05) is 0 Å². The Bertz CT molecular complexity index is 1010. The van der Waals surface area contributed by atoms with Gasteiger partial charge in [0.2, 0.25) is 0 Å². The lowest BCUT2D eigenvalue weighted by Crippen LogP contribution is -2.36. The van der Waals surface area contributed by atoms with Crippen molar-refractivity contribution in [3.8, 4) is 0 Å². The average Bonchev–Trinajstić information content (AvgIpc) is 3.49. The van der Waals surface area contributed by atoms with E-state index in [1.165, 1.54) is 4.88 Å². The van der Waals surface area contributed by atoms with Crippen LogP contribution in [-0.4, -0.2) is 17.9 Å². The summed E-state index contributed by atoms with van der Waals surface area (Å²) in [4.78, 5) is 27.9. The Morgan fingerprint density at radius 1 is 1.17 bits per heavy atom. The highest BCUT2D eigenvalue weighted by Gasteiger charge is 2.42. The van der Waals surface area contributed by atoms with Gasteiger partial charge in [-0.3, -0.25) is 4.79 Å². The number of ketones is 1. The number of thiophene rings is 2. The third-order valence-electron chi connectivity index (χ3n) is 6.45. The molecule has 3 heterocycles. The minimum absolute atomic E-state index is 0.00145. The van der Waals surface area contributed by atoms with Crippen LogP contribution < -0.4 is 5.32 Å². The van der Waals surface area contributed by atoms with Crippen molar-refractivity contribution >= 4 is 34.4 Å². The van der Waals surface area contributed by atoms with E-state index in [0.717, 1.165) is 54.6 Å². The molecule has 4 nitrogen and oxygen atoms in total. The predicted molar refractivity (Wildman–Crippen MR) is 120 cm³/mol. The van der Waals surface area contributed by atoms with Crippen LogP contribution in [0.1, 0.15) is 67.7 Å². The van der Waals surface area contributed by atoms with Gasteiger partial charge in [-0.25, -0.2) is 4.79 Å². The fourth-order valence-electron chi connectivity index (χ4n) is 5.03. The number of carbonyl (C=O) groups excluding carboxylic acids is 2. The van der Waals surface area contributed by atoms with Crippen LogP contribution in [0, 0.1) is 0 Å². The van der Waals surface area contributed by atoms with Crippen LogP contribution in [0.5, 0.6) is 0 Å². The third-order valence-corrected chi connectivity index (χ3v) is 8.18. The zero-order valence-corrected chi connectivity index (χ0v) is 18.6. The molecule has 0 amide bonds. The summed E-state index contributed by atoms with van der Waals surface area (Å²) in [6, 6.07) is 6.18. The van der Waals surface area contributed by atoms with Crippen molar-refractivity contribution in [1.82, 2.24) is 5.32 Å². The Morgan fingerprint density at radius 3 is 2.70 bits per heavy atom. The molecule has 6 heteroatoms. The molecule has 5 rings (SSSR count). The third kappa shape index (κ3) is 3.56. The number of dihydropyridines is 1.